The molecule has 0 spiro atoms. The van der Waals surface area contributed by atoms with Gasteiger partial charge in [0.05, 0.1) is 12.7 Å². The third-order valence-electron chi connectivity index (χ3n) is 3.60. The highest BCUT2D eigenvalue weighted by atomic mass is 16.6. The molecule has 1 atom stereocenters. The highest BCUT2D eigenvalue weighted by molar-refractivity contribution is 5.70. The molecule has 3 heteroatoms. The molecule has 0 aromatic carbocycles. The summed E-state index contributed by atoms with van der Waals surface area (Å²) in [5, 5.41) is 0. The van der Waals surface area contributed by atoms with Gasteiger partial charge in [0, 0.05) is 0 Å². The van der Waals surface area contributed by atoms with E-state index in [9.17, 15) is 4.79 Å². The molecular formula is C14H22O3. The first kappa shape index (κ1) is 12.6. The second-order valence-electron chi connectivity index (χ2n) is 5.05. The summed E-state index contributed by atoms with van der Waals surface area (Å²) in [6.07, 6.45) is 12.6. The molecule has 0 aromatic rings. The van der Waals surface area contributed by atoms with Gasteiger partial charge >= 0.3 is 5.97 Å². The first-order valence-corrected chi connectivity index (χ1v) is 6.77. The second-order valence-corrected chi connectivity index (χ2v) is 5.05. The van der Waals surface area contributed by atoms with Crippen molar-refractivity contribution in [1.82, 2.24) is 0 Å². The fraction of sp³-hybridized carbons (Fsp3) is 0.786. The second kappa shape index (κ2) is 6.80. The molecule has 0 aliphatic heterocycles. The molecule has 1 unspecified atom stereocenters. The summed E-state index contributed by atoms with van der Waals surface area (Å²) in [5.41, 5.74) is 0. The molecular weight excluding hydrogens is 216 g/mol. The van der Waals surface area contributed by atoms with E-state index in [1.807, 2.05) is 0 Å². The van der Waals surface area contributed by atoms with Crippen LogP contribution in [-0.2, 0) is 14.3 Å². The Labute approximate surface area is 103 Å². The first-order valence-electron chi connectivity index (χ1n) is 6.77. The van der Waals surface area contributed by atoms with Gasteiger partial charge in [-0.25, -0.2) is 4.79 Å². The SMILES string of the molecule is O=C(COC1CCCC1)OCC1CC=CCC1. The summed E-state index contributed by atoms with van der Waals surface area (Å²) in [6.45, 7) is 0.685. The smallest absolute Gasteiger partial charge is 0.332 e. The van der Waals surface area contributed by atoms with E-state index in [1.54, 1.807) is 0 Å². The van der Waals surface area contributed by atoms with E-state index < -0.39 is 0 Å². The lowest BCUT2D eigenvalue weighted by Gasteiger charge is -2.17. The average molecular weight is 238 g/mol. The van der Waals surface area contributed by atoms with Crippen molar-refractivity contribution >= 4 is 5.97 Å². The van der Waals surface area contributed by atoms with Crippen molar-refractivity contribution in [3.8, 4) is 0 Å². The fourth-order valence-electron chi connectivity index (χ4n) is 2.50. The fourth-order valence-corrected chi connectivity index (χ4v) is 2.50. The molecule has 0 radical (unpaired) electrons. The standard InChI is InChI=1S/C14H22O3/c15-14(11-16-13-8-4-5-9-13)17-10-12-6-2-1-3-7-12/h1-2,12-13H,3-11H2. The number of allylic oxidation sites excluding steroid dienone is 2. The van der Waals surface area contributed by atoms with E-state index in [0.717, 1.165) is 32.1 Å². The van der Waals surface area contributed by atoms with E-state index >= 15 is 0 Å². The van der Waals surface area contributed by atoms with Gasteiger partial charge in [0.15, 0.2) is 0 Å². The largest absolute Gasteiger partial charge is 0.464 e. The van der Waals surface area contributed by atoms with Crippen molar-refractivity contribution in [3.05, 3.63) is 12.2 Å². The predicted octanol–water partition coefficient (Wildman–Crippen LogP) is 2.85. The quantitative estimate of drug-likeness (QED) is 0.546. The van der Waals surface area contributed by atoms with Gasteiger partial charge in [-0.3, -0.25) is 0 Å². The van der Waals surface area contributed by atoms with Crippen LogP contribution >= 0.6 is 0 Å². The number of hydrogen-bond donors (Lipinski definition) is 0. The van der Waals surface area contributed by atoms with Gasteiger partial charge < -0.3 is 9.47 Å². The van der Waals surface area contributed by atoms with Crippen LogP contribution in [0, 0.1) is 5.92 Å². The average Bonchev–Trinajstić information content (AvgIpc) is 2.88. The Hall–Kier alpha value is -0.830. The molecule has 0 amide bonds. The van der Waals surface area contributed by atoms with E-state index in [-0.39, 0.29) is 12.6 Å². The number of carbonyl (C=O) groups is 1. The molecule has 17 heavy (non-hydrogen) atoms. The van der Waals surface area contributed by atoms with Crippen LogP contribution in [0.1, 0.15) is 44.9 Å². The summed E-state index contributed by atoms with van der Waals surface area (Å²) < 4.78 is 10.8. The van der Waals surface area contributed by atoms with Gasteiger partial charge in [0.25, 0.3) is 0 Å². The van der Waals surface area contributed by atoms with Gasteiger partial charge in [0.1, 0.15) is 6.61 Å². The predicted molar refractivity (Wildman–Crippen MR) is 65.6 cm³/mol. The van der Waals surface area contributed by atoms with Crippen LogP contribution in [0.15, 0.2) is 12.2 Å². The summed E-state index contributed by atoms with van der Waals surface area (Å²) >= 11 is 0. The van der Waals surface area contributed by atoms with E-state index in [1.165, 1.54) is 12.8 Å². The molecule has 0 bridgehead atoms. The lowest BCUT2D eigenvalue weighted by molar-refractivity contribution is -0.152. The Kier molecular flexibility index (Phi) is 5.05. The summed E-state index contributed by atoms with van der Waals surface area (Å²) in [5.74, 6) is 0.307. The van der Waals surface area contributed by atoms with Crippen molar-refractivity contribution < 1.29 is 14.3 Å². The summed E-state index contributed by atoms with van der Waals surface area (Å²) in [6, 6.07) is 0. The minimum absolute atomic E-state index is 0.132. The summed E-state index contributed by atoms with van der Waals surface area (Å²) in [7, 11) is 0. The molecule has 96 valence electrons. The summed E-state index contributed by atoms with van der Waals surface area (Å²) in [4.78, 5) is 11.5. The first-order chi connectivity index (χ1) is 8.34. The van der Waals surface area contributed by atoms with Crippen molar-refractivity contribution in [2.45, 2.75) is 51.0 Å². The Balaban J connectivity index is 1.55. The monoisotopic (exact) mass is 238 g/mol. The number of ether oxygens (including phenoxy) is 2. The molecule has 0 saturated heterocycles. The molecule has 1 saturated carbocycles. The van der Waals surface area contributed by atoms with Crippen LogP contribution in [-0.4, -0.2) is 25.3 Å². The third-order valence-corrected chi connectivity index (χ3v) is 3.60. The Morgan fingerprint density at radius 2 is 2.00 bits per heavy atom. The van der Waals surface area contributed by atoms with Gasteiger partial charge in [-0.15, -0.1) is 0 Å². The third kappa shape index (κ3) is 4.50. The molecule has 0 aromatic heterocycles. The number of rotatable bonds is 5. The zero-order chi connectivity index (χ0) is 11.9. The topological polar surface area (TPSA) is 35.5 Å². The molecule has 0 N–H and O–H groups in total. The lowest BCUT2D eigenvalue weighted by atomic mass is 9.95. The van der Waals surface area contributed by atoms with Crippen LogP contribution in [0.5, 0.6) is 0 Å². The Morgan fingerprint density at radius 3 is 2.71 bits per heavy atom. The molecule has 0 heterocycles. The minimum atomic E-state index is -0.202. The Morgan fingerprint density at radius 1 is 1.18 bits per heavy atom. The van der Waals surface area contributed by atoms with E-state index in [2.05, 4.69) is 12.2 Å². The van der Waals surface area contributed by atoms with Gasteiger partial charge in [-0.2, -0.15) is 0 Å². The zero-order valence-corrected chi connectivity index (χ0v) is 10.4. The van der Waals surface area contributed by atoms with E-state index in [4.69, 9.17) is 9.47 Å². The lowest BCUT2D eigenvalue weighted by Crippen LogP contribution is -2.21. The van der Waals surface area contributed by atoms with E-state index in [0.29, 0.717) is 18.6 Å². The zero-order valence-electron chi connectivity index (χ0n) is 10.4. The van der Waals surface area contributed by atoms with Crippen LogP contribution < -0.4 is 0 Å². The number of esters is 1. The van der Waals surface area contributed by atoms with Gasteiger partial charge in [-0.1, -0.05) is 25.0 Å². The minimum Gasteiger partial charge on any atom is -0.464 e. The van der Waals surface area contributed by atoms with Crippen molar-refractivity contribution in [2.75, 3.05) is 13.2 Å². The Bertz CT molecular complexity index is 267. The molecule has 2 aliphatic rings. The maximum atomic E-state index is 11.5. The maximum Gasteiger partial charge on any atom is 0.332 e. The van der Waals surface area contributed by atoms with Crippen LogP contribution in [0.4, 0.5) is 0 Å². The van der Waals surface area contributed by atoms with Crippen LogP contribution in [0.25, 0.3) is 0 Å². The number of hydrogen-bond acceptors (Lipinski definition) is 3. The molecule has 2 aliphatic carbocycles. The normalized spacial score (nSPS) is 25.1. The van der Waals surface area contributed by atoms with Crippen molar-refractivity contribution in [1.29, 1.82) is 0 Å². The van der Waals surface area contributed by atoms with Gasteiger partial charge in [-0.05, 0) is 38.0 Å². The molecule has 3 nitrogen and oxygen atoms in total. The maximum absolute atomic E-state index is 11.5. The van der Waals surface area contributed by atoms with Crippen molar-refractivity contribution in [3.63, 3.8) is 0 Å². The highest BCUT2D eigenvalue weighted by Crippen LogP contribution is 2.21. The van der Waals surface area contributed by atoms with Crippen LogP contribution in [0.3, 0.4) is 0 Å². The molecule has 1 fully saturated rings. The highest BCUT2D eigenvalue weighted by Gasteiger charge is 2.18. The number of carbonyl (C=O) groups excluding carboxylic acids is 1. The van der Waals surface area contributed by atoms with Gasteiger partial charge in [0.2, 0.25) is 0 Å². The van der Waals surface area contributed by atoms with Crippen molar-refractivity contribution in [2.24, 2.45) is 5.92 Å². The van der Waals surface area contributed by atoms with Crippen LogP contribution in [0.2, 0.25) is 0 Å². The molecule has 2 rings (SSSR count).